The van der Waals surface area contributed by atoms with E-state index < -0.39 is 6.04 Å². The molecule has 0 spiro atoms. The average Bonchev–Trinajstić information content (AvgIpc) is 2.55. The van der Waals surface area contributed by atoms with Gasteiger partial charge in [0.05, 0.1) is 11.1 Å². The Morgan fingerprint density at radius 1 is 1.39 bits per heavy atom. The van der Waals surface area contributed by atoms with Crippen LogP contribution >= 0.6 is 0 Å². The van der Waals surface area contributed by atoms with Gasteiger partial charge < -0.3 is 10.2 Å². The minimum absolute atomic E-state index is 0.0629. The van der Waals surface area contributed by atoms with E-state index in [2.05, 4.69) is 24.1 Å². The maximum absolute atomic E-state index is 12.9. The summed E-state index contributed by atoms with van der Waals surface area (Å²) in [5, 5.41) is 3.79. The van der Waals surface area contributed by atoms with Crippen LogP contribution in [0.4, 0.5) is 0 Å². The van der Waals surface area contributed by atoms with Crippen LogP contribution in [0.1, 0.15) is 30.6 Å². The highest BCUT2D eigenvalue weighted by Crippen LogP contribution is 2.19. The highest BCUT2D eigenvalue weighted by molar-refractivity contribution is 6.00. The predicted molar refractivity (Wildman–Crippen MR) is 89.0 cm³/mol. The molecule has 1 aromatic heterocycles. The summed E-state index contributed by atoms with van der Waals surface area (Å²) in [6.07, 6.45) is 2.27. The van der Waals surface area contributed by atoms with Crippen LogP contribution < -0.4 is 5.32 Å². The van der Waals surface area contributed by atoms with Gasteiger partial charge in [-0.1, -0.05) is 32.0 Å². The second-order valence-electron chi connectivity index (χ2n) is 6.35. The van der Waals surface area contributed by atoms with Crippen molar-refractivity contribution in [1.29, 1.82) is 0 Å². The highest BCUT2D eigenvalue weighted by Gasteiger charge is 2.33. The number of aromatic nitrogens is 1. The topological polar surface area (TPSA) is 62.3 Å². The van der Waals surface area contributed by atoms with Gasteiger partial charge in [-0.15, -0.1) is 0 Å². The molecule has 1 N–H and O–H groups in total. The number of hydrogen-bond donors (Lipinski definition) is 1. The first kappa shape index (κ1) is 15.5. The summed E-state index contributed by atoms with van der Waals surface area (Å²) < 4.78 is 0. The molecule has 2 heterocycles. The molecule has 120 valence electrons. The van der Waals surface area contributed by atoms with Gasteiger partial charge in [0.1, 0.15) is 6.04 Å². The van der Waals surface area contributed by atoms with Gasteiger partial charge >= 0.3 is 0 Å². The van der Waals surface area contributed by atoms with Crippen LogP contribution in [0.5, 0.6) is 0 Å². The molecule has 0 saturated carbocycles. The van der Waals surface area contributed by atoms with Crippen LogP contribution in [0, 0.1) is 5.92 Å². The molecule has 0 aliphatic carbocycles. The Balaban J connectivity index is 1.90. The van der Waals surface area contributed by atoms with E-state index in [4.69, 9.17) is 0 Å². The van der Waals surface area contributed by atoms with Crippen molar-refractivity contribution in [3.8, 4) is 0 Å². The quantitative estimate of drug-likeness (QED) is 0.945. The third kappa shape index (κ3) is 3.18. The minimum atomic E-state index is -0.400. The molecule has 2 amide bonds. The van der Waals surface area contributed by atoms with Crippen molar-refractivity contribution < 1.29 is 9.59 Å². The van der Waals surface area contributed by atoms with Gasteiger partial charge in [-0.3, -0.25) is 14.6 Å². The molecule has 0 bridgehead atoms. The summed E-state index contributed by atoms with van der Waals surface area (Å²) in [7, 11) is 0. The number of nitrogens with one attached hydrogen (secondary N) is 1. The van der Waals surface area contributed by atoms with Crippen molar-refractivity contribution in [2.75, 3.05) is 13.1 Å². The van der Waals surface area contributed by atoms with Crippen LogP contribution in [-0.2, 0) is 4.79 Å². The number of rotatable bonds is 3. The van der Waals surface area contributed by atoms with Crippen molar-refractivity contribution in [2.24, 2.45) is 5.92 Å². The molecular weight excluding hydrogens is 290 g/mol. The molecule has 3 rings (SSSR count). The van der Waals surface area contributed by atoms with Crippen LogP contribution in [0.25, 0.3) is 10.9 Å². The van der Waals surface area contributed by atoms with Crippen molar-refractivity contribution in [2.45, 2.75) is 26.3 Å². The Labute approximate surface area is 135 Å². The first-order valence-electron chi connectivity index (χ1n) is 7.99. The number of carbonyl (C=O) groups is 2. The molecule has 5 nitrogen and oxygen atoms in total. The Morgan fingerprint density at radius 2 is 2.17 bits per heavy atom. The molecule has 1 aromatic carbocycles. The SMILES string of the molecule is CC(C)CC1C(=O)NCCN1C(=O)c1cnc2ccccc2c1. The largest absolute Gasteiger partial charge is 0.353 e. The summed E-state index contributed by atoms with van der Waals surface area (Å²) in [6, 6.07) is 9.15. The molecule has 5 heteroatoms. The second kappa shape index (κ2) is 6.36. The molecule has 0 radical (unpaired) electrons. The highest BCUT2D eigenvalue weighted by atomic mass is 16.2. The van der Waals surface area contributed by atoms with Gasteiger partial charge in [0.2, 0.25) is 5.91 Å². The monoisotopic (exact) mass is 311 g/mol. The van der Waals surface area contributed by atoms with Gasteiger partial charge in [-0.25, -0.2) is 0 Å². The van der Waals surface area contributed by atoms with E-state index in [1.807, 2.05) is 30.3 Å². The number of benzene rings is 1. The lowest BCUT2D eigenvalue weighted by atomic mass is 9.99. The Morgan fingerprint density at radius 3 is 2.96 bits per heavy atom. The fourth-order valence-electron chi connectivity index (χ4n) is 2.99. The van der Waals surface area contributed by atoms with Crippen LogP contribution in [-0.4, -0.2) is 40.8 Å². The molecule has 1 aliphatic rings. The standard InChI is InChI=1S/C18H21N3O2/c1-12(2)9-16-17(22)19-7-8-21(16)18(23)14-10-13-5-3-4-6-15(13)20-11-14/h3-6,10-12,16H,7-9H2,1-2H3,(H,19,22). The number of nitrogens with zero attached hydrogens (tertiary/aromatic N) is 2. The predicted octanol–water partition coefficient (Wildman–Crippen LogP) is 2.22. The van der Waals surface area contributed by atoms with Crippen molar-refractivity contribution in [1.82, 2.24) is 15.2 Å². The van der Waals surface area contributed by atoms with Gasteiger partial charge in [0.15, 0.2) is 0 Å². The molecule has 2 aromatic rings. The van der Waals surface area contributed by atoms with E-state index in [1.54, 1.807) is 11.1 Å². The number of para-hydroxylation sites is 1. The lowest BCUT2D eigenvalue weighted by molar-refractivity contribution is -0.128. The van der Waals surface area contributed by atoms with E-state index in [0.717, 1.165) is 10.9 Å². The molecule has 23 heavy (non-hydrogen) atoms. The first-order chi connectivity index (χ1) is 11.1. The summed E-state index contributed by atoms with van der Waals surface area (Å²) in [5.41, 5.74) is 1.39. The number of amides is 2. The zero-order chi connectivity index (χ0) is 16.4. The van der Waals surface area contributed by atoms with Crippen molar-refractivity contribution >= 4 is 22.7 Å². The first-order valence-corrected chi connectivity index (χ1v) is 7.99. The summed E-state index contributed by atoms with van der Waals surface area (Å²) in [6.45, 7) is 5.15. The molecule has 1 aliphatic heterocycles. The zero-order valence-corrected chi connectivity index (χ0v) is 13.5. The molecule has 1 saturated heterocycles. The Bertz CT molecular complexity index is 742. The zero-order valence-electron chi connectivity index (χ0n) is 13.5. The Kier molecular flexibility index (Phi) is 4.28. The van der Waals surface area contributed by atoms with Crippen molar-refractivity contribution in [3.05, 3.63) is 42.1 Å². The smallest absolute Gasteiger partial charge is 0.256 e. The second-order valence-corrected chi connectivity index (χ2v) is 6.35. The minimum Gasteiger partial charge on any atom is -0.353 e. The van der Waals surface area contributed by atoms with Gasteiger partial charge in [0, 0.05) is 24.7 Å². The Hall–Kier alpha value is -2.43. The molecule has 1 unspecified atom stereocenters. The van der Waals surface area contributed by atoms with E-state index in [-0.39, 0.29) is 11.8 Å². The normalized spacial score (nSPS) is 18.3. The lowest BCUT2D eigenvalue weighted by Crippen LogP contribution is -2.57. The number of piperazine rings is 1. The fraction of sp³-hybridized carbons (Fsp3) is 0.389. The summed E-state index contributed by atoms with van der Waals surface area (Å²) >= 11 is 0. The lowest BCUT2D eigenvalue weighted by Gasteiger charge is -2.36. The van der Waals surface area contributed by atoms with Gasteiger partial charge in [-0.2, -0.15) is 0 Å². The van der Waals surface area contributed by atoms with Crippen LogP contribution in [0.15, 0.2) is 36.5 Å². The number of pyridine rings is 1. The number of hydrogen-bond acceptors (Lipinski definition) is 3. The summed E-state index contributed by atoms with van der Waals surface area (Å²) in [5.74, 6) is 0.157. The van der Waals surface area contributed by atoms with E-state index >= 15 is 0 Å². The van der Waals surface area contributed by atoms with E-state index in [0.29, 0.717) is 31.0 Å². The number of carbonyl (C=O) groups excluding carboxylic acids is 2. The summed E-state index contributed by atoms with van der Waals surface area (Å²) in [4.78, 5) is 31.1. The van der Waals surface area contributed by atoms with Gasteiger partial charge in [0.25, 0.3) is 5.91 Å². The maximum Gasteiger partial charge on any atom is 0.256 e. The molecule has 1 atom stereocenters. The number of fused-ring (bicyclic) bond motifs is 1. The van der Waals surface area contributed by atoms with Gasteiger partial charge in [-0.05, 0) is 24.5 Å². The third-order valence-corrected chi connectivity index (χ3v) is 4.12. The van der Waals surface area contributed by atoms with Crippen LogP contribution in [0.3, 0.4) is 0 Å². The van der Waals surface area contributed by atoms with Crippen LogP contribution in [0.2, 0.25) is 0 Å². The molecular formula is C18H21N3O2. The average molecular weight is 311 g/mol. The third-order valence-electron chi connectivity index (χ3n) is 4.12. The molecule has 1 fully saturated rings. The van der Waals surface area contributed by atoms with E-state index in [1.165, 1.54) is 0 Å². The fourth-order valence-corrected chi connectivity index (χ4v) is 2.99. The van der Waals surface area contributed by atoms with E-state index in [9.17, 15) is 9.59 Å². The van der Waals surface area contributed by atoms with Crippen molar-refractivity contribution in [3.63, 3.8) is 0 Å². The maximum atomic E-state index is 12.9.